The first kappa shape index (κ1) is 15.4. The fourth-order valence-electron chi connectivity index (χ4n) is 2.22. The molecule has 0 fully saturated rings. The molecule has 0 radical (unpaired) electrons. The first-order valence-corrected chi connectivity index (χ1v) is 7.13. The zero-order valence-corrected chi connectivity index (χ0v) is 13.5. The van der Waals surface area contributed by atoms with Gasteiger partial charge in [0.2, 0.25) is 5.95 Å². The minimum absolute atomic E-state index is 0.740. The van der Waals surface area contributed by atoms with Crippen LogP contribution < -0.4 is 4.90 Å². The molecule has 0 aromatic carbocycles. The molecule has 21 heavy (non-hydrogen) atoms. The van der Waals surface area contributed by atoms with Crippen LogP contribution in [0.25, 0.3) is 0 Å². The summed E-state index contributed by atoms with van der Waals surface area (Å²) in [5.74, 6) is 0.740. The highest BCUT2D eigenvalue weighted by Crippen LogP contribution is 2.06. The van der Waals surface area contributed by atoms with Crippen molar-refractivity contribution in [1.29, 1.82) is 0 Å². The molecule has 6 nitrogen and oxygen atoms in total. The first-order valence-electron chi connectivity index (χ1n) is 7.13. The molecule has 0 spiro atoms. The average Bonchev–Trinajstić information content (AvgIpc) is 2.75. The molecular weight excluding hydrogens is 264 g/mol. The number of hydrogen-bond donors (Lipinski definition) is 0. The van der Waals surface area contributed by atoms with Gasteiger partial charge in [-0.3, -0.25) is 4.68 Å². The Morgan fingerprint density at radius 3 is 2.29 bits per heavy atom. The third-order valence-electron chi connectivity index (χ3n) is 3.34. The molecule has 0 amide bonds. The van der Waals surface area contributed by atoms with Crippen molar-refractivity contribution in [3.05, 3.63) is 35.4 Å². The minimum Gasteiger partial charge on any atom is -0.347 e. The highest BCUT2D eigenvalue weighted by Gasteiger charge is 2.05. The van der Waals surface area contributed by atoms with Gasteiger partial charge in [0.25, 0.3) is 0 Å². The van der Waals surface area contributed by atoms with Gasteiger partial charge in [0.15, 0.2) is 0 Å². The molecule has 0 N–H and O–H groups in total. The van der Waals surface area contributed by atoms with E-state index in [9.17, 15) is 0 Å². The molecule has 0 aliphatic heterocycles. The molecule has 0 unspecified atom stereocenters. The van der Waals surface area contributed by atoms with Crippen LogP contribution >= 0.6 is 0 Å². The lowest BCUT2D eigenvalue weighted by Gasteiger charge is -2.17. The Hall–Kier alpha value is -1.95. The van der Waals surface area contributed by atoms with Crippen LogP contribution in [0.1, 0.15) is 17.0 Å². The molecule has 0 saturated heterocycles. The zero-order valence-electron chi connectivity index (χ0n) is 13.5. The van der Waals surface area contributed by atoms with E-state index in [1.807, 2.05) is 38.3 Å². The summed E-state index contributed by atoms with van der Waals surface area (Å²) in [5, 5.41) is 4.48. The van der Waals surface area contributed by atoms with E-state index in [-0.39, 0.29) is 0 Å². The lowest BCUT2D eigenvalue weighted by molar-refractivity contribution is 0.303. The van der Waals surface area contributed by atoms with Crippen LogP contribution in [0.5, 0.6) is 0 Å². The summed E-state index contributed by atoms with van der Waals surface area (Å²) >= 11 is 0. The van der Waals surface area contributed by atoms with Crippen molar-refractivity contribution in [3.8, 4) is 0 Å². The maximum atomic E-state index is 4.48. The molecular formula is C15H24N6. The second-order valence-electron chi connectivity index (χ2n) is 5.67. The van der Waals surface area contributed by atoms with Crippen molar-refractivity contribution in [3.63, 3.8) is 0 Å². The molecule has 114 valence electrons. The van der Waals surface area contributed by atoms with E-state index >= 15 is 0 Å². The van der Waals surface area contributed by atoms with Gasteiger partial charge < -0.3 is 9.80 Å². The van der Waals surface area contributed by atoms with E-state index in [1.165, 1.54) is 5.69 Å². The highest BCUT2D eigenvalue weighted by atomic mass is 15.3. The van der Waals surface area contributed by atoms with Crippen LogP contribution in [0.3, 0.4) is 0 Å². The fourth-order valence-corrected chi connectivity index (χ4v) is 2.22. The van der Waals surface area contributed by atoms with Gasteiger partial charge in [-0.15, -0.1) is 0 Å². The smallest absolute Gasteiger partial charge is 0.224 e. The molecule has 2 aromatic rings. The van der Waals surface area contributed by atoms with Gasteiger partial charge in [-0.1, -0.05) is 0 Å². The van der Waals surface area contributed by atoms with Gasteiger partial charge in [0.1, 0.15) is 0 Å². The summed E-state index contributed by atoms with van der Waals surface area (Å²) in [6.07, 6.45) is 3.78. The summed E-state index contributed by atoms with van der Waals surface area (Å²) in [6.45, 7) is 6.79. The molecule has 0 aliphatic rings. The van der Waals surface area contributed by atoms with E-state index in [4.69, 9.17) is 0 Å². The van der Waals surface area contributed by atoms with Crippen molar-refractivity contribution in [1.82, 2.24) is 24.6 Å². The van der Waals surface area contributed by atoms with Gasteiger partial charge in [-0.05, 0) is 27.0 Å². The molecule has 0 aliphatic carbocycles. The Morgan fingerprint density at radius 1 is 1.10 bits per heavy atom. The van der Waals surface area contributed by atoms with Gasteiger partial charge in [0.05, 0.1) is 12.2 Å². The van der Waals surface area contributed by atoms with Crippen molar-refractivity contribution in [2.24, 2.45) is 0 Å². The van der Waals surface area contributed by atoms with Gasteiger partial charge in [-0.2, -0.15) is 5.10 Å². The number of likely N-dealkylation sites (N-methyl/N-ethyl adjacent to an activating group) is 1. The number of nitrogens with zero attached hydrogens (tertiary/aromatic N) is 6. The number of aromatic nitrogens is 4. The summed E-state index contributed by atoms with van der Waals surface area (Å²) in [4.78, 5) is 12.8. The second kappa shape index (κ2) is 6.67. The predicted molar refractivity (Wildman–Crippen MR) is 84.4 cm³/mol. The third kappa shape index (κ3) is 4.26. The van der Waals surface area contributed by atoms with E-state index in [1.54, 1.807) is 0 Å². The summed E-state index contributed by atoms with van der Waals surface area (Å²) in [5.41, 5.74) is 3.40. The Bertz CT molecular complexity index is 572. The van der Waals surface area contributed by atoms with E-state index in [2.05, 4.69) is 44.7 Å². The monoisotopic (exact) mass is 288 g/mol. The second-order valence-corrected chi connectivity index (χ2v) is 5.67. The van der Waals surface area contributed by atoms with Crippen LogP contribution in [0.15, 0.2) is 18.5 Å². The van der Waals surface area contributed by atoms with E-state index < -0.39 is 0 Å². The Labute approximate surface area is 126 Å². The van der Waals surface area contributed by atoms with Crippen LogP contribution in [0.4, 0.5) is 5.95 Å². The SMILES string of the molecule is Cc1cc(C)n(CCN(C)Cc2cnc(N(C)C)nc2)n1. The largest absolute Gasteiger partial charge is 0.347 e. The molecule has 2 rings (SSSR count). The molecule has 0 bridgehead atoms. The molecule has 2 aromatic heterocycles. The van der Waals surface area contributed by atoms with Crippen LogP contribution in [-0.4, -0.2) is 52.3 Å². The topological polar surface area (TPSA) is 50.1 Å². The normalized spacial score (nSPS) is 11.1. The van der Waals surface area contributed by atoms with Gasteiger partial charge in [0, 0.05) is 50.8 Å². The quantitative estimate of drug-likeness (QED) is 0.806. The van der Waals surface area contributed by atoms with E-state index in [0.29, 0.717) is 0 Å². The van der Waals surface area contributed by atoms with Gasteiger partial charge in [-0.25, -0.2) is 9.97 Å². The fraction of sp³-hybridized carbons (Fsp3) is 0.533. The van der Waals surface area contributed by atoms with Crippen LogP contribution in [0, 0.1) is 13.8 Å². The first-order chi connectivity index (χ1) is 9.95. The molecule has 0 saturated carbocycles. The van der Waals surface area contributed by atoms with Crippen LogP contribution in [0.2, 0.25) is 0 Å². The number of anilines is 1. The number of aryl methyl sites for hydroxylation is 2. The lowest BCUT2D eigenvalue weighted by atomic mass is 10.3. The summed E-state index contributed by atoms with van der Waals surface area (Å²) < 4.78 is 2.05. The Balaban J connectivity index is 1.86. The molecule has 6 heteroatoms. The minimum atomic E-state index is 0.740. The number of rotatable bonds is 6. The van der Waals surface area contributed by atoms with E-state index in [0.717, 1.165) is 36.8 Å². The Kier molecular flexibility index (Phi) is 4.90. The molecule has 2 heterocycles. The van der Waals surface area contributed by atoms with Crippen molar-refractivity contribution in [2.45, 2.75) is 26.9 Å². The summed E-state index contributed by atoms with van der Waals surface area (Å²) in [6, 6.07) is 2.10. The average molecular weight is 288 g/mol. The summed E-state index contributed by atoms with van der Waals surface area (Å²) in [7, 11) is 5.98. The van der Waals surface area contributed by atoms with Crippen LogP contribution in [-0.2, 0) is 13.1 Å². The molecule has 0 atom stereocenters. The maximum Gasteiger partial charge on any atom is 0.224 e. The van der Waals surface area contributed by atoms with Crippen molar-refractivity contribution >= 4 is 5.95 Å². The third-order valence-corrected chi connectivity index (χ3v) is 3.34. The van der Waals surface area contributed by atoms with Crippen molar-refractivity contribution in [2.75, 3.05) is 32.6 Å². The zero-order chi connectivity index (χ0) is 15.4. The lowest BCUT2D eigenvalue weighted by Crippen LogP contribution is -2.24. The maximum absolute atomic E-state index is 4.48. The van der Waals surface area contributed by atoms with Gasteiger partial charge >= 0.3 is 0 Å². The standard InChI is InChI=1S/C15H24N6/c1-12-8-13(2)21(18-12)7-6-20(5)11-14-9-16-15(17-10-14)19(3)4/h8-10H,6-7,11H2,1-5H3. The van der Waals surface area contributed by atoms with Crippen molar-refractivity contribution < 1.29 is 0 Å². The number of hydrogen-bond acceptors (Lipinski definition) is 5. The Morgan fingerprint density at radius 2 is 1.76 bits per heavy atom. The predicted octanol–water partition coefficient (Wildman–Crippen LogP) is 1.49. The highest BCUT2D eigenvalue weighted by molar-refractivity contribution is 5.26.